The molecular formula is C11H14ClN3O3. The van der Waals surface area contributed by atoms with E-state index in [1.807, 2.05) is 0 Å². The lowest BCUT2D eigenvalue weighted by atomic mass is 10.1. The van der Waals surface area contributed by atoms with Crippen molar-refractivity contribution in [1.82, 2.24) is 5.32 Å². The Bertz CT molecular complexity index is 451. The van der Waals surface area contributed by atoms with Gasteiger partial charge in [-0.25, -0.2) is 0 Å². The van der Waals surface area contributed by atoms with E-state index < -0.39 is 4.92 Å². The summed E-state index contributed by atoms with van der Waals surface area (Å²) in [6.07, 6.45) is 0.880. The third-order valence-electron chi connectivity index (χ3n) is 2.37. The topological polar surface area (TPSA) is 98.3 Å². The number of hydrogen-bond donors (Lipinski definition) is 2. The van der Waals surface area contributed by atoms with Crippen LogP contribution in [0.4, 0.5) is 5.69 Å². The molecule has 0 fully saturated rings. The van der Waals surface area contributed by atoms with Gasteiger partial charge in [-0.1, -0.05) is 17.7 Å². The number of nitrogens with one attached hydrogen (secondary N) is 1. The Morgan fingerprint density at radius 1 is 1.50 bits per heavy atom. The number of nitro groups is 1. The lowest BCUT2D eigenvalue weighted by Gasteiger charge is -2.06. The Hall–Kier alpha value is -1.66. The van der Waals surface area contributed by atoms with E-state index >= 15 is 0 Å². The van der Waals surface area contributed by atoms with Crippen LogP contribution < -0.4 is 11.1 Å². The van der Waals surface area contributed by atoms with Crippen LogP contribution in [0.5, 0.6) is 0 Å². The maximum Gasteiger partial charge on any atom is 0.275 e. The first-order valence-electron chi connectivity index (χ1n) is 5.43. The molecule has 0 aromatic heterocycles. The van der Waals surface area contributed by atoms with Gasteiger partial charge in [-0.2, -0.15) is 0 Å². The van der Waals surface area contributed by atoms with Gasteiger partial charge in [-0.05, 0) is 19.0 Å². The molecule has 1 rings (SSSR count). The average Bonchev–Trinajstić information content (AvgIpc) is 2.29. The van der Waals surface area contributed by atoms with Crippen LogP contribution >= 0.6 is 11.6 Å². The highest BCUT2D eigenvalue weighted by atomic mass is 35.5. The molecular weight excluding hydrogens is 258 g/mol. The van der Waals surface area contributed by atoms with E-state index in [1.54, 1.807) is 6.07 Å². The first-order valence-corrected chi connectivity index (χ1v) is 5.81. The molecule has 1 amide bonds. The molecule has 0 aliphatic rings. The van der Waals surface area contributed by atoms with Crippen molar-refractivity contribution in [3.05, 3.63) is 38.9 Å². The van der Waals surface area contributed by atoms with Crippen molar-refractivity contribution in [3.63, 3.8) is 0 Å². The van der Waals surface area contributed by atoms with Crippen LogP contribution in [0.15, 0.2) is 18.2 Å². The van der Waals surface area contributed by atoms with Gasteiger partial charge in [-0.3, -0.25) is 14.9 Å². The number of carbonyl (C=O) groups is 1. The Balaban J connectivity index is 2.56. The normalized spacial score (nSPS) is 10.3. The summed E-state index contributed by atoms with van der Waals surface area (Å²) in [5.41, 5.74) is 5.43. The van der Waals surface area contributed by atoms with Gasteiger partial charge < -0.3 is 11.1 Å². The Morgan fingerprint density at radius 2 is 2.22 bits per heavy atom. The minimum atomic E-state index is -0.466. The highest BCUT2D eigenvalue weighted by Gasteiger charge is 2.15. The fourth-order valence-corrected chi connectivity index (χ4v) is 1.73. The van der Waals surface area contributed by atoms with Gasteiger partial charge in [0.05, 0.1) is 15.5 Å². The van der Waals surface area contributed by atoms with Gasteiger partial charge >= 0.3 is 0 Å². The van der Waals surface area contributed by atoms with Crippen LogP contribution in [-0.4, -0.2) is 17.4 Å². The predicted octanol–water partition coefficient (Wildman–Crippen LogP) is 1.60. The van der Waals surface area contributed by atoms with Crippen LogP contribution in [0.25, 0.3) is 0 Å². The highest BCUT2D eigenvalue weighted by Crippen LogP contribution is 2.25. The van der Waals surface area contributed by atoms with Crippen molar-refractivity contribution in [3.8, 4) is 0 Å². The molecule has 0 radical (unpaired) electrons. The van der Waals surface area contributed by atoms with Crippen LogP contribution in [-0.2, 0) is 11.3 Å². The lowest BCUT2D eigenvalue weighted by molar-refractivity contribution is -0.385. The van der Waals surface area contributed by atoms with Crippen LogP contribution in [0.1, 0.15) is 18.4 Å². The molecule has 98 valence electrons. The maximum absolute atomic E-state index is 10.8. The molecule has 0 saturated carbocycles. The molecule has 0 spiro atoms. The standard InChI is InChI=1S/C11H14ClN3O3/c12-9-3-1-4-10(15(17)18)8(9)7-14-6-2-5-11(13)16/h1,3-4,14H,2,5-7H2,(H2,13,16). The summed E-state index contributed by atoms with van der Waals surface area (Å²) in [5, 5.41) is 14.2. The average molecular weight is 272 g/mol. The summed E-state index contributed by atoms with van der Waals surface area (Å²) >= 11 is 5.92. The summed E-state index contributed by atoms with van der Waals surface area (Å²) in [6, 6.07) is 4.55. The first-order chi connectivity index (χ1) is 8.52. The molecule has 18 heavy (non-hydrogen) atoms. The summed E-state index contributed by atoms with van der Waals surface area (Å²) < 4.78 is 0. The second-order valence-electron chi connectivity index (χ2n) is 3.74. The van der Waals surface area contributed by atoms with E-state index in [0.29, 0.717) is 23.6 Å². The van der Waals surface area contributed by atoms with Gasteiger partial charge in [0, 0.05) is 19.0 Å². The minimum absolute atomic E-state index is 0.00935. The smallest absolute Gasteiger partial charge is 0.275 e. The number of nitrogens with two attached hydrogens (primary N) is 1. The summed E-state index contributed by atoms with van der Waals surface area (Å²) in [5.74, 6) is -0.361. The predicted molar refractivity (Wildman–Crippen MR) is 68.2 cm³/mol. The number of amides is 1. The van der Waals surface area contributed by atoms with E-state index in [4.69, 9.17) is 17.3 Å². The molecule has 1 aromatic carbocycles. The molecule has 0 aliphatic heterocycles. The number of rotatable bonds is 7. The van der Waals surface area contributed by atoms with Crippen molar-refractivity contribution in [1.29, 1.82) is 0 Å². The molecule has 6 nitrogen and oxygen atoms in total. The Morgan fingerprint density at radius 3 is 2.83 bits per heavy atom. The number of primary amides is 1. The van der Waals surface area contributed by atoms with E-state index in [0.717, 1.165) is 0 Å². The molecule has 0 heterocycles. The molecule has 7 heteroatoms. The summed E-state index contributed by atoms with van der Waals surface area (Å²) in [4.78, 5) is 20.9. The maximum atomic E-state index is 10.8. The quantitative estimate of drug-likeness (QED) is 0.447. The van der Waals surface area contributed by atoms with Crippen molar-refractivity contribution in [2.45, 2.75) is 19.4 Å². The summed E-state index contributed by atoms with van der Waals surface area (Å²) in [6.45, 7) is 0.833. The van der Waals surface area contributed by atoms with Crippen molar-refractivity contribution < 1.29 is 9.72 Å². The van der Waals surface area contributed by atoms with Gasteiger partial charge in [0.1, 0.15) is 0 Å². The van der Waals surface area contributed by atoms with Crippen molar-refractivity contribution in [2.24, 2.45) is 5.73 Å². The van der Waals surface area contributed by atoms with E-state index in [2.05, 4.69) is 5.32 Å². The third kappa shape index (κ3) is 4.31. The molecule has 0 unspecified atom stereocenters. The van der Waals surface area contributed by atoms with Crippen molar-refractivity contribution in [2.75, 3.05) is 6.54 Å². The molecule has 1 aromatic rings. The minimum Gasteiger partial charge on any atom is -0.370 e. The number of nitrogens with zero attached hydrogens (tertiary/aromatic N) is 1. The summed E-state index contributed by atoms with van der Waals surface area (Å²) in [7, 11) is 0. The van der Waals surface area contributed by atoms with E-state index in [-0.39, 0.29) is 24.6 Å². The van der Waals surface area contributed by atoms with Gasteiger partial charge in [0.2, 0.25) is 5.91 Å². The van der Waals surface area contributed by atoms with Crippen LogP contribution in [0.3, 0.4) is 0 Å². The third-order valence-corrected chi connectivity index (χ3v) is 2.72. The molecule has 3 N–H and O–H groups in total. The van der Waals surface area contributed by atoms with Gasteiger partial charge in [0.15, 0.2) is 0 Å². The fourth-order valence-electron chi connectivity index (χ4n) is 1.49. The first kappa shape index (κ1) is 14.4. The van der Waals surface area contributed by atoms with Crippen LogP contribution in [0.2, 0.25) is 5.02 Å². The second-order valence-corrected chi connectivity index (χ2v) is 4.15. The number of carbonyl (C=O) groups excluding carboxylic acids is 1. The van der Waals surface area contributed by atoms with Crippen molar-refractivity contribution >= 4 is 23.2 Å². The van der Waals surface area contributed by atoms with Gasteiger partial charge in [0.25, 0.3) is 5.69 Å². The largest absolute Gasteiger partial charge is 0.370 e. The fraction of sp³-hybridized carbons (Fsp3) is 0.364. The molecule has 0 bridgehead atoms. The van der Waals surface area contributed by atoms with Crippen LogP contribution in [0, 0.1) is 10.1 Å². The lowest BCUT2D eigenvalue weighted by Crippen LogP contribution is -2.18. The SMILES string of the molecule is NC(=O)CCCNCc1c(Cl)cccc1[N+](=O)[O-]. The monoisotopic (exact) mass is 271 g/mol. The number of hydrogen-bond acceptors (Lipinski definition) is 4. The zero-order valence-corrected chi connectivity index (χ0v) is 10.4. The highest BCUT2D eigenvalue weighted by molar-refractivity contribution is 6.31. The zero-order chi connectivity index (χ0) is 13.5. The zero-order valence-electron chi connectivity index (χ0n) is 9.69. The number of halogens is 1. The molecule has 0 aliphatic carbocycles. The second kappa shape index (κ2) is 6.93. The van der Waals surface area contributed by atoms with Gasteiger partial charge in [-0.15, -0.1) is 0 Å². The number of benzene rings is 1. The van der Waals surface area contributed by atoms with E-state index in [1.165, 1.54) is 12.1 Å². The molecule has 0 atom stereocenters. The van der Waals surface area contributed by atoms with E-state index in [9.17, 15) is 14.9 Å². The number of nitro benzene ring substituents is 1. The molecule has 0 saturated heterocycles. The Labute approximate surface area is 109 Å². The Kier molecular flexibility index (Phi) is 5.54.